The second-order valence-corrected chi connectivity index (χ2v) is 6.69. The van der Waals surface area contributed by atoms with Gasteiger partial charge in [-0.1, -0.05) is 12.1 Å². The highest BCUT2D eigenvalue weighted by Gasteiger charge is 2.39. The van der Waals surface area contributed by atoms with Gasteiger partial charge in [0, 0.05) is 17.7 Å². The normalized spacial score (nSPS) is 13.8. The van der Waals surface area contributed by atoms with E-state index in [2.05, 4.69) is 5.10 Å². The van der Waals surface area contributed by atoms with E-state index in [9.17, 15) is 27.9 Å². The predicted molar refractivity (Wildman–Crippen MR) is 83.7 cm³/mol. The molecule has 0 unspecified atom stereocenters. The van der Waals surface area contributed by atoms with Gasteiger partial charge in [0.15, 0.2) is 0 Å². The molecule has 0 aliphatic carbocycles. The molecule has 1 N–H and O–H groups in total. The maximum atomic E-state index is 13.7. The quantitative estimate of drug-likeness (QED) is 0.491. The highest BCUT2D eigenvalue weighted by Crippen LogP contribution is 2.22. The number of hydrogen-bond acceptors (Lipinski definition) is 6. The number of rotatable bonds is 3. The van der Waals surface area contributed by atoms with Gasteiger partial charge in [0.05, 0.1) is 16.0 Å². The molecule has 0 saturated carbocycles. The topological polar surface area (TPSA) is 113 Å². The summed E-state index contributed by atoms with van der Waals surface area (Å²) in [5.74, 6) is -0.636. The summed E-state index contributed by atoms with van der Waals surface area (Å²) in [6.45, 7) is 0. The number of halogens is 1. The zero-order valence-corrected chi connectivity index (χ0v) is 12.7. The molecule has 0 radical (unpaired) electrons. The lowest BCUT2D eigenvalue weighted by Gasteiger charge is -2.26. The number of fused-ring (bicyclic) bond motifs is 1. The molecule has 11 heteroatoms. The molecule has 0 bridgehead atoms. The number of nitrogens with zero attached hydrogens (tertiary/aromatic N) is 3. The van der Waals surface area contributed by atoms with Gasteiger partial charge < -0.3 is 5.02 Å². The molecule has 2 aromatic rings. The Hall–Kier alpha value is -2.79. The summed E-state index contributed by atoms with van der Waals surface area (Å²) in [7, 11) is -5.98. The molecule has 122 valence electrons. The van der Waals surface area contributed by atoms with Crippen molar-refractivity contribution in [2.24, 2.45) is 5.10 Å². The third-order valence-electron chi connectivity index (χ3n) is 3.47. The van der Waals surface area contributed by atoms with Crippen molar-refractivity contribution >= 4 is 34.4 Å². The first kappa shape index (κ1) is 16.1. The van der Waals surface area contributed by atoms with E-state index in [-0.39, 0.29) is 21.6 Å². The highest BCUT2D eigenvalue weighted by atomic mass is 32.2. The SMILES string of the molecule is O=[N+]([O-])c1ccc(S(=O)(=O)N2N=Cc3c(F)cccc3B2O)cc1. The summed E-state index contributed by atoms with van der Waals surface area (Å²) < 4.78 is 39.2. The van der Waals surface area contributed by atoms with Crippen LogP contribution in [0.4, 0.5) is 10.1 Å². The van der Waals surface area contributed by atoms with Crippen LogP contribution in [-0.2, 0) is 10.0 Å². The molecular formula is C13H9BFN3O5S. The molecule has 2 aromatic carbocycles. The number of benzene rings is 2. The van der Waals surface area contributed by atoms with E-state index >= 15 is 0 Å². The molecule has 24 heavy (non-hydrogen) atoms. The Kier molecular flexibility index (Phi) is 3.81. The summed E-state index contributed by atoms with van der Waals surface area (Å²) in [5, 5.41) is 24.5. The summed E-state index contributed by atoms with van der Waals surface area (Å²) in [6, 6.07) is 8.02. The summed E-state index contributed by atoms with van der Waals surface area (Å²) in [5.41, 5.74) is -0.223. The largest absolute Gasteiger partial charge is 0.484 e. The highest BCUT2D eigenvalue weighted by molar-refractivity contribution is 7.90. The van der Waals surface area contributed by atoms with E-state index in [1.807, 2.05) is 0 Å². The minimum absolute atomic E-state index is 0.000138. The van der Waals surface area contributed by atoms with Gasteiger partial charge >= 0.3 is 7.05 Å². The van der Waals surface area contributed by atoms with Crippen LogP contribution in [0.5, 0.6) is 0 Å². The smallest absolute Gasteiger partial charge is 0.427 e. The summed E-state index contributed by atoms with van der Waals surface area (Å²) >= 11 is 0. The summed E-state index contributed by atoms with van der Waals surface area (Å²) in [6.07, 6.45) is 1.00. The fourth-order valence-corrected chi connectivity index (χ4v) is 3.50. The monoisotopic (exact) mass is 349 g/mol. The van der Waals surface area contributed by atoms with Crippen LogP contribution in [0, 0.1) is 15.9 Å². The van der Waals surface area contributed by atoms with Crippen LogP contribution in [0.3, 0.4) is 0 Å². The van der Waals surface area contributed by atoms with Gasteiger partial charge in [0.2, 0.25) is 0 Å². The van der Waals surface area contributed by atoms with Gasteiger partial charge in [0.25, 0.3) is 15.7 Å². The van der Waals surface area contributed by atoms with Crippen LogP contribution < -0.4 is 5.46 Å². The van der Waals surface area contributed by atoms with E-state index in [1.54, 1.807) is 0 Å². The van der Waals surface area contributed by atoms with E-state index < -0.39 is 27.8 Å². The van der Waals surface area contributed by atoms with Gasteiger partial charge in [-0.3, -0.25) is 10.1 Å². The summed E-state index contributed by atoms with van der Waals surface area (Å²) in [4.78, 5) is 9.68. The van der Waals surface area contributed by atoms with E-state index in [0.717, 1.165) is 36.5 Å². The molecule has 1 aliphatic heterocycles. The lowest BCUT2D eigenvalue weighted by molar-refractivity contribution is -0.384. The van der Waals surface area contributed by atoms with Crippen LogP contribution in [0.2, 0.25) is 0 Å². The Bertz CT molecular complexity index is 949. The molecule has 0 amide bonds. The average Bonchev–Trinajstić information content (AvgIpc) is 2.56. The van der Waals surface area contributed by atoms with Gasteiger partial charge in [-0.2, -0.15) is 9.43 Å². The van der Waals surface area contributed by atoms with Crippen molar-refractivity contribution in [3.63, 3.8) is 0 Å². The molecule has 3 rings (SSSR count). The minimum atomic E-state index is -4.27. The number of nitro groups is 1. The fraction of sp³-hybridized carbons (Fsp3) is 0. The first-order valence-electron chi connectivity index (χ1n) is 6.62. The van der Waals surface area contributed by atoms with Crippen LogP contribution in [0.1, 0.15) is 5.56 Å². The van der Waals surface area contributed by atoms with Gasteiger partial charge in [-0.05, 0) is 23.7 Å². The molecular weight excluding hydrogens is 340 g/mol. The molecule has 0 atom stereocenters. The Morgan fingerprint density at radius 3 is 2.50 bits per heavy atom. The van der Waals surface area contributed by atoms with Crippen LogP contribution in [0.25, 0.3) is 0 Å². The lowest BCUT2D eigenvalue weighted by atomic mass is 9.71. The van der Waals surface area contributed by atoms with Crippen LogP contribution in [0.15, 0.2) is 52.5 Å². The molecule has 0 spiro atoms. The second kappa shape index (κ2) is 5.69. The standard InChI is InChI=1S/C13H9BFN3O5S/c15-13-3-1-2-12-11(13)8-16-18(14(12)19)24(22,23)10-6-4-9(5-7-10)17(20)21/h1-8,19H. The molecule has 8 nitrogen and oxygen atoms in total. The zero-order chi connectivity index (χ0) is 17.5. The number of sulfonamides is 1. The van der Waals surface area contributed by atoms with Crippen molar-refractivity contribution in [2.45, 2.75) is 4.90 Å². The third kappa shape index (κ3) is 2.53. The predicted octanol–water partition coefficient (Wildman–Crippen LogP) is 0.460. The number of nitro benzene ring substituents is 1. The van der Waals surface area contributed by atoms with Crippen molar-refractivity contribution in [2.75, 3.05) is 0 Å². The van der Waals surface area contributed by atoms with Crippen molar-refractivity contribution in [1.82, 2.24) is 4.33 Å². The molecule has 0 aromatic heterocycles. The van der Waals surface area contributed by atoms with Crippen molar-refractivity contribution < 1.29 is 22.8 Å². The molecule has 0 saturated heterocycles. The molecule has 0 fully saturated rings. The van der Waals surface area contributed by atoms with Crippen molar-refractivity contribution in [3.8, 4) is 0 Å². The first-order chi connectivity index (χ1) is 11.3. The third-order valence-corrected chi connectivity index (χ3v) is 5.12. The van der Waals surface area contributed by atoms with E-state index in [0.29, 0.717) is 4.33 Å². The van der Waals surface area contributed by atoms with Crippen molar-refractivity contribution in [3.05, 3.63) is 64.0 Å². The number of hydrazone groups is 1. The zero-order valence-electron chi connectivity index (χ0n) is 11.9. The van der Waals surface area contributed by atoms with Crippen LogP contribution in [-0.4, -0.2) is 36.0 Å². The van der Waals surface area contributed by atoms with E-state index in [1.165, 1.54) is 12.1 Å². The maximum absolute atomic E-state index is 13.7. The number of non-ortho nitro benzene ring substituents is 1. The minimum Gasteiger partial charge on any atom is -0.427 e. The molecule has 1 heterocycles. The lowest BCUT2D eigenvalue weighted by Crippen LogP contribution is -2.52. The van der Waals surface area contributed by atoms with Gasteiger partial charge in [-0.25, -0.2) is 12.8 Å². The Balaban J connectivity index is 2.01. The fourth-order valence-electron chi connectivity index (χ4n) is 2.25. The number of hydrogen-bond donors (Lipinski definition) is 1. The van der Waals surface area contributed by atoms with Gasteiger partial charge in [-0.15, -0.1) is 0 Å². The van der Waals surface area contributed by atoms with Gasteiger partial charge in [0.1, 0.15) is 5.82 Å². The van der Waals surface area contributed by atoms with Crippen LogP contribution >= 0.6 is 0 Å². The molecule has 1 aliphatic rings. The second-order valence-electron chi connectivity index (χ2n) is 4.89. The van der Waals surface area contributed by atoms with Crippen molar-refractivity contribution in [1.29, 1.82) is 0 Å². The Morgan fingerprint density at radius 2 is 1.88 bits per heavy atom. The Labute approximate surface area is 136 Å². The van der Waals surface area contributed by atoms with E-state index in [4.69, 9.17) is 0 Å². The Morgan fingerprint density at radius 1 is 1.21 bits per heavy atom. The average molecular weight is 349 g/mol. The maximum Gasteiger partial charge on any atom is 0.484 e. The first-order valence-corrected chi connectivity index (χ1v) is 8.06.